The molecule has 0 aromatic heterocycles. The third-order valence-corrected chi connectivity index (χ3v) is 0.480. The number of carbonyl (C=O) groups is 1. The monoisotopic (exact) mass is 112 g/mol. The second kappa shape index (κ2) is 9.80. The van der Waals surface area contributed by atoms with Crippen molar-refractivity contribution in [3.63, 3.8) is 0 Å². The molecule has 0 amide bonds. The van der Waals surface area contributed by atoms with E-state index in [4.69, 9.17) is 5.11 Å². The van der Waals surface area contributed by atoms with Crippen LogP contribution in [0.2, 0.25) is 0 Å². The van der Waals surface area contributed by atoms with Crippen molar-refractivity contribution >= 4 is 35.8 Å². The van der Waals surface area contributed by atoms with E-state index in [9.17, 15) is 4.79 Å². The fourth-order valence-corrected chi connectivity index (χ4v) is 0.175. The van der Waals surface area contributed by atoms with E-state index in [1.54, 1.807) is 0 Å². The molecule has 0 aliphatic heterocycles. The van der Waals surface area contributed by atoms with Gasteiger partial charge in [-0.1, -0.05) is 0 Å². The van der Waals surface area contributed by atoms with Crippen molar-refractivity contribution < 1.29 is 9.90 Å². The first kappa shape index (κ1) is 10.6. The van der Waals surface area contributed by atoms with E-state index in [1.165, 1.54) is 0 Å². The minimum absolute atomic E-state index is 0. The SMILES string of the molecule is O=CCCCO.[NaH]. The summed E-state index contributed by atoms with van der Waals surface area (Å²) in [7, 11) is 0. The Labute approximate surface area is 65.2 Å². The number of unbranched alkanes of at least 4 members (excludes halogenated alkanes) is 1. The first-order valence-electron chi connectivity index (χ1n) is 1.96. The normalized spacial score (nSPS) is 7.00. The summed E-state index contributed by atoms with van der Waals surface area (Å²) in [5.41, 5.74) is 0. The quantitative estimate of drug-likeness (QED) is 0.298. The van der Waals surface area contributed by atoms with E-state index in [0.717, 1.165) is 6.29 Å². The van der Waals surface area contributed by atoms with Gasteiger partial charge in [0.05, 0.1) is 0 Å². The van der Waals surface area contributed by atoms with Gasteiger partial charge in [0.15, 0.2) is 0 Å². The zero-order chi connectivity index (χ0) is 4.83. The Balaban J connectivity index is 0. The number of aldehydes is 1. The van der Waals surface area contributed by atoms with Crippen LogP contribution in [0.25, 0.3) is 0 Å². The van der Waals surface area contributed by atoms with Gasteiger partial charge in [0, 0.05) is 13.0 Å². The summed E-state index contributed by atoms with van der Waals surface area (Å²) in [6.07, 6.45) is 1.89. The van der Waals surface area contributed by atoms with Crippen molar-refractivity contribution in [2.45, 2.75) is 12.8 Å². The Morgan fingerprint density at radius 1 is 1.57 bits per heavy atom. The van der Waals surface area contributed by atoms with Crippen LogP contribution in [-0.2, 0) is 4.79 Å². The van der Waals surface area contributed by atoms with E-state index in [0.29, 0.717) is 12.8 Å². The van der Waals surface area contributed by atoms with Gasteiger partial charge in [-0.05, 0) is 6.42 Å². The number of hydrogen-bond acceptors (Lipinski definition) is 2. The second-order valence-corrected chi connectivity index (χ2v) is 1.03. The van der Waals surface area contributed by atoms with Crippen LogP contribution in [0.4, 0.5) is 0 Å². The third kappa shape index (κ3) is 10.8. The predicted octanol–water partition coefficient (Wildman–Crippen LogP) is -0.691. The van der Waals surface area contributed by atoms with Gasteiger partial charge in [0.2, 0.25) is 0 Å². The van der Waals surface area contributed by atoms with Gasteiger partial charge in [-0.2, -0.15) is 0 Å². The fraction of sp³-hybridized carbons (Fsp3) is 0.750. The summed E-state index contributed by atoms with van der Waals surface area (Å²) in [6.45, 7) is 0.124. The van der Waals surface area contributed by atoms with Gasteiger partial charge in [-0.15, -0.1) is 0 Å². The molecule has 0 atom stereocenters. The molecule has 7 heavy (non-hydrogen) atoms. The first-order chi connectivity index (χ1) is 2.91. The molecule has 38 valence electrons. The van der Waals surface area contributed by atoms with E-state index in [-0.39, 0.29) is 36.2 Å². The molecule has 0 heterocycles. The molecule has 0 unspecified atom stereocenters. The van der Waals surface area contributed by atoms with Crippen LogP contribution >= 0.6 is 0 Å². The van der Waals surface area contributed by atoms with Crippen LogP contribution in [-0.4, -0.2) is 47.6 Å². The summed E-state index contributed by atoms with van der Waals surface area (Å²) >= 11 is 0. The molecular weight excluding hydrogens is 103 g/mol. The molecule has 0 aliphatic rings. The van der Waals surface area contributed by atoms with Crippen molar-refractivity contribution in [2.24, 2.45) is 0 Å². The summed E-state index contributed by atoms with van der Waals surface area (Å²) in [5.74, 6) is 0. The van der Waals surface area contributed by atoms with Gasteiger partial charge in [-0.25, -0.2) is 0 Å². The van der Waals surface area contributed by atoms with E-state index in [1.807, 2.05) is 0 Å². The number of rotatable bonds is 3. The summed E-state index contributed by atoms with van der Waals surface area (Å²) in [6, 6.07) is 0. The van der Waals surface area contributed by atoms with Gasteiger partial charge in [0.25, 0.3) is 0 Å². The van der Waals surface area contributed by atoms with Crippen molar-refractivity contribution in [3.8, 4) is 0 Å². The first-order valence-corrected chi connectivity index (χ1v) is 1.96. The zero-order valence-corrected chi connectivity index (χ0v) is 3.55. The Hall–Kier alpha value is 0.630. The summed E-state index contributed by atoms with van der Waals surface area (Å²) < 4.78 is 0. The second-order valence-electron chi connectivity index (χ2n) is 1.03. The maximum absolute atomic E-state index is 9.45. The van der Waals surface area contributed by atoms with E-state index in [2.05, 4.69) is 0 Å². The van der Waals surface area contributed by atoms with Crippen LogP contribution in [0, 0.1) is 0 Å². The molecule has 0 aromatic carbocycles. The molecule has 0 aliphatic carbocycles. The third-order valence-electron chi connectivity index (χ3n) is 0.480. The molecule has 2 nitrogen and oxygen atoms in total. The molecule has 3 heteroatoms. The van der Waals surface area contributed by atoms with Crippen molar-refractivity contribution in [3.05, 3.63) is 0 Å². The summed E-state index contributed by atoms with van der Waals surface area (Å²) in [4.78, 5) is 9.45. The molecule has 0 aromatic rings. The molecule has 0 rings (SSSR count). The molecule has 0 radical (unpaired) electrons. The molecule has 0 saturated carbocycles. The Kier molecular flexibility index (Phi) is 14.8. The fourth-order valence-electron chi connectivity index (χ4n) is 0.175. The van der Waals surface area contributed by atoms with Gasteiger partial charge in [0.1, 0.15) is 6.29 Å². The van der Waals surface area contributed by atoms with Crippen LogP contribution in [0.1, 0.15) is 12.8 Å². The average molecular weight is 112 g/mol. The molecular formula is C4H9NaO2. The van der Waals surface area contributed by atoms with E-state index >= 15 is 0 Å². The van der Waals surface area contributed by atoms with Gasteiger partial charge < -0.3 is 9.90 Å². The molecule has 1 N–H and O–H groups in total. The Bertz CT molecular complexity index is 38.7. The molecule has 0 bridgehead atoms. The zero-order valence-electron chi connectivity index (χ0n) is 3.55. The molecule has 0 saturated heterocycles. The standard InChI is InChI=1S/C4H8O2.Na.H/c5-3-1-2-4-6;;/h3,6H,1-2,4H2;;. The molecule has 0 spiro atoms. The number of aliphatic hydroxyl groups excluding tert-OH is 1. The maximum atomic E-state index is 9.45. The van der Waals surface area contributed by atoms with E-state index < -0.39 is 0 Å². The van der Waals surface area contributed by atoms with Crippen molar-refractivity contribution in [2.75, 3.05) is 6.61 Å². The Morgan fingerprint density at radius 3 is 2.29 bits per heavy atom. The van der Waals surface area contributed by atoms with Gasteiger partial charge in [-0.3, -0.25) is 0 Å². The number of aliphatic hydroxyl groups is 1. The van der Waals surface area contributed by atoms with Crippen LogP contribution < -0.4 is 0 Å². The molecule has 0 fully saturated rings. The van der Waals surface area contributed by atoms with Crippen molar-refractivity contribution in [1.29, 1.82) is 0 Å². The van der Waals surface area contributed by atoms with Gasteiger partial charge >= 0.3 is 29.6 Å². The topological polar surface area (TPSA) is 37.3 Å². The van der Waals surface area contributed by atoms with Crippen molar-refractivity contribution in [1.82, 2.24) is 0 Å². The number of carbonyl (C=O) groups excluding carboxylic acids is 1. The van der Waals surface area contributed by atoms with Crippen LogP contribution in [0.15, 0.2) is 0 Å². The minimum atomic E-state index is 0. The summed E-state index contributed by atoms with van der Waals surface area (Å²) in [5, 5.41) is 8.04. The average Bonchev–Trinajstić information content (AvgIpc) is 1.61. The predicted molar refractivity (Wildman–Crippen MR) is 29.5 cm³/mol. The Morgan fingerprint density at radius 2 is 2.14 bits per heavy atom. The van der Waals surface area contributed by atoms with Crippen LogP contribution in [0.3, 0.4) is 0 Å². The van der Waals surface area contributed by atoms with Crippen LogP contribution in [0.5, 0.6) is 0 Å². The number of hydrogen-bond donors (Lipinski definition) is 1.